The molecule has 2 N–H and O–H groups in total. The monoisotopic (exact) mass is 487 g/mol. The number of hydrogen-bond acceptors (Lipinski definition) is 4. The summed E-state index contributed by atoms with van der Waals surface area (Å²) < 4.78 is 4.99. The largest absolute Gasteiger partial charge is 0.462 e. The number of carbonyl (C=O) groups excluding carboxylic acids is 1. The molecule has 1 unspecified atom stereocenters. The molecule has 2 aromatic rings. The zero-order valence-electron chi connectivity index (χ0n) is 15.3. The van der Waals surface area contributed by atoms with Crippen LogP contribution in [0.25, 0.3) is 0 Å². The molecule has 26 heavy (non-hydrogen) atoms. The smallest absolute Gasteiger partial charge is 0.338 e. The summed E-state index contributed by atoms with van der Waals surface area (Å²) in [5.41, 5.74) is 2.97. The van der Waals surface area contributed by atoms with Crippen LogP contribution in [0.3, 0.4) is 0 Å². The van der Waals surface area contributed by atoms with Gasteiger partial charge in [0.1, 0.15) is 0 Å². The van der Waals surface area contributed by atoms with Gasteiger partial charge in [0, 0.05) is 20.1 Å². The van der Waals surface area contributed by atoms with Gasteiger partial charge in [-0.05, 0) is 52.9 Å². The average molecular weight is 487 g/mol. The van der Waals surface area contributed by atoms with Gasteiger partial charge in [-0.1, -0.05) is 19.1 Å². The van der Waals surface area contributed by atoms with E-state index in [9.17, 15) is 4.79 Å². The van der Waals surface area contributed by atoms with Crippen molar-refractivity contribution in [3.05, 3.63) is 57.8 Å². The van der Waals surface area contributed by atoms with Crippen molar-refractivity contribution in [2.24, 2.45) is 4.99 Å². The summed E-state index contributed by atoms with van der Waals surface area (Å²) in [6.07, 6.45) is 0. The lowest BCUT2D eigenvalue weighted by Crippen LogP contribution is -2.38. The maximum atomic E-state index is 11.6. The molecule has 0 saturated heterocycles. The Morgan fingerprint density at radius 3 is 2.54 bits per heavy atom. The van der Waals surface area contributed by atoms with Crippen LogP contribution in [-0.2, 0) is 11.3 Å². The SMILES string of the molecule is CCOC(=O)c1ccc(CNC(=NC)NCC(C)c2ccsc2)cc1.I. The van der Waals surface area contributed by atoms with Crippen molar-refractivity contribution < 1.29 is 9.53 Å². The first-order valence-electron chi connectivity index (χ1n) is 8.36. The normalized spacial score (nSPS) is 12.0. The van der Waals surface area contributed by atoms with Gasteiger partial charge in [-0.15, -0.1) is 24.0 Å². The standard InChI is InChI=1S/C19H25N3O2S.HI/c1-4-24-18(23)16-7-5-15(6-8-16)12-22-19(20-3)21-11-14(2)17-9-10-25-13-17;/h5-10,13-14H,4,11-12H2,1-3H3,(H2,20,21,22);1H. The van der Waals surface area contributed by atoms with Crippen molar-refractivity contribution >= 4 is 47.2 Å². The van der Waals surface area contributed by atoms with Gasteiger partial charge in [-0.25, -0.2) is 4.79 Å². The first kappa shape index (κ1) is 22.4. The molecule has 1 atom stereocenters. The Bertz CT molecular complexity index is 687. The van der Waals surface area contributed by atoms with E-state index >= 15 is 0 Å². The lowest BCUT2D eigenvalue weighted by molar-refractivity contribution is 0.0526. The summed E-state index contributed by atoms with van der Waals surface area (Å²) in [6.45, 7) is 5.83. The predicted molar refractivity (Wildman–Crippen MR) is 119 cm³/mol. The van der Waals surface area contributed by atoms with E-state index in [2.05, 4.69) is 39.4 Å². The minimum atomic E-state index is -0.290. The van der Waals surface area contributed by atoms with Gasteiger partial charge >= 0.3 is 5.97 Å². The van der Waals surface area contributed by atoms with Crippen LogP contribution in [-0.4, -0.2) is 32.1 Å². The number of esters is 1. The summed E-state index contributed by atoms with van der Waals surface area (Å²) in [4.78, 5) is 15.9. The molecule has 0 saturated carbocycles. The number of guanidine groups is 1. The summed E-state index contributed by atoms with van der Waals surface area (Å²) in [5.74, 6) is 0.895. The first-order valence-corrected chi connectivity index (χ1v) is 9.31. The Morgan fingerprint density at radius 1 is 1.23 bits per heavy atom. The average Bonchev–Trinajstić information content (AvgIpc) is 3.17. The molecule has 5 nitrogen and oxygen atoms in total. The van der Waals surface area contributed by atoms with E-state index < -0.39 is 0 Å². The summed E-state index contributed by atoms with van der Waals surface area (Å²) >= 11 is 1.71. The maximum Gasteiger partial charge on any atom is 0.338 e. The molecule has 142 valence electrons. The van der Waals surface area contributed by atoms with E-state index in [0.717, 1.165) is 18.1 Å². The van der Waals surface area contributed by atoms with Crippen LogP contribution in [0.5, 0.6) is 0 Å². The van der Waals surface area contributed by atoms with E-state index in [1.54, 1.807) is 37.4 Å². The molecule has 2 rings (SSSR count). The van der Waals surface area contributed by atoms with Crippen LogP contribution < -0.4 is 10.6 Å². The van der Waals surface area contributed by atoms with E-state index in [1.165, 1.54) is 5.56 Å². The highest BCUT2D eigenvalue weighted by atomic mass is 127. The fourth-order valence-electron chi connectivity index (χ4n) is 2.30. The number of ether oxygens (including phenoxy) is 1. The Morgan fingerprint density at radius 2 is 1.96 bits per heavy atom. The third-order valence-electron chi connectivity index (χ3n) is 3.84. The van der Waals surface area contributed by atoms with Crippen LogP contribution >= 0.6 is 35.3 Å². The fourth-order valence-corrected chi connectivity index (χ4v) is 3.08. The molecular formula is C19H26IN3O2S. The number of aliphatic imine (C=N–C) groups is 1. The topological polar surface area (TPSA) is 62.7 Å². The zero-order valence-corrected chi connectivity index (χ0v) is 18.5. The van der Waals surface area contributed by atoms with Gasteiger partial charge < -0.3 is 15.4 Å². The molecule has 0 aliphatic carbocycles. The number of hydrogen-bond donors (Lipinski definition) is 2. The van der Waals surface area contributed by atoms with Crippen molar-refractivity contribution in [2.45, 2.75) is 26.3 Å². The van der Waals surface area contributed by atoms with E-state index in [-0.39, 0.29) is 29.9 Å². The molecule has 0 amide bonds. The molecule has 1 heterocycles. The molecule has 0 spiro atoms. The summed E-state index contributed by atoms with van der Waals surface area (Å²) in [7, 11) is 1.76. The molecule has 0 aliphatic rings. The summed E-state index contributed by atoms with van der Waals surface area (Å²) in [6, 6.07) is 9.55. The van der Waals surface area contributed by atoms with E-state index in [4.69, 9.17) is 4.74 Å². The lowest BCUT2D eigenvalue weighted by atomic mass is 10.1. The molecular weight excluding hydrogens is 461 g/mol. The maximum absolute atomic E-state index is 11.6. The number of thiophene rings is 1. The Hall–Kier alpha value is -1.61. The number of carbonyl (C=O) groups is 1. The Balaban J connectivity index is 0.00000338. The third-order valence-corrected chi connectivity index (χ3v) is 4.54. The number of halogens is 1. The minimum absolute atomic E-state index is 0. The van der Waals surface area contributed by atoms with Gasteiger partial charge in [0.15, 0.2) is 5.96 Å². The van der Waals surface area contributed by atoms with Gasteiger partial charge in [0.05, 0.1) is 12.2 Å². The van der Waals surface area contributed by atoms with Crippen molar-refractivity contribution in [3.63, 3.8) is 0 Å². The molecule has 0 fully saturated rings. The second kappa shape index (κ2) is 11.9. The third kappa shape index (κ3) is 6.95. The summed E-state index contributed by atoms with van der Waals surface area (Å²) in [5, 5.41) is 10.9. The molecule has 1 aromatic carbocycles. The number of benzene rings is 1. The number of nitrogens with zero attached hydrogens (tertiary/aromatic N) is 1. The van der Waals surface area contributed by atoms with Crippen molar-refractivity contribution in [1.82, 2.24) is 10.6 Å². The van der Waals surface area contributed by atoms with Crippen molar-refractivity contribution in [3.8, 4) is 0 Å². The highest BCUT2D eigenvalue weighted by Crippen LogP contribution is 2.17. The number of rotatable bonds is 7. The highest BCUT2D eigenvalue weighted by Gasteiger charge is 2.08. The first-order chi connectivity index (χ1) is 12.1. The Labute approximate surface area is 176 Å². The van der Waals surface area contributed by atoms with Crippen LogP contribution in [0.4, 0.5) is 0 Å². The van der Waals surface area contributed by atoms with Gasteiger partial charge in [0.2, 0.25) is 0 Å². The quantitative estimate of drug-likeness (QED) is 0.268. The molecule has 0 radical (unpaired) electrons. The molecule has 0 bridgehead atoms. The van der Waals surface area contributed by atoms with E-state index in [0.29, 0.717) is 24.6 Å². The molecule has 7 heteroatoms. The van der Waals surface area contributed by atoms with E-state index in [1.807, 2.05) is 12.1 Å². The molecule has 0 aliphatic heterocycles. The second-order valence-electron chi connectivity index (χ2n) is 5.68. The van der Waals surface area contributed by atoms with Crippen LogP contribution in [0.2, 0.25) is 0 Å². The number of nitrogens with one attached hydrogen (secondary N) is 2. The van der Waals surface area contributed by atoms with Crippen LogP contribution in [0.15, 0.2) is 46.1 Å². The van der Waals surface area contributed by atoms with Gasteiger partial charge in [-0.3, -0.25) is 4.99 Å². The van der Waals surface area contributed by atoms with Gasteiger partial charge in [0.25, 0.3) is 0 Å². The van der Waals surface area contributed by atoms with Crippen LogP contribution in [0, 0.1) is 0 Å². The van der Waals surface area contributed by atoms with Crippen molar-refractivity contribution in [2.75, 3.05) is 20.2 Å². The van der Waals surface area contributed by atoms with Crippen molar-refractivity contribution in [1.29, 1.82) is 0 Å². The zero-order chi connectivity index (χ0) is 18.1. The van der Waals surface area contributed by atoms with Crippen LogP contribution in [0.1, 0.15) is 41.3 Å². The van der Waals surface area contributed by atoms with Gasteiger partial charge in [-0.2, -0.15) is 11.3 Å². The fraction of sp³-hybridized carbons (Fsp3) is 0.368. The predicted octanol–water partition coefficient (Wildman–Crippen LogP) is 4.01. The minimum Gasteiger partial charge on any atom is -0.462 e. The lowest BCUT2D eigenvalue weighted by Gasteiger charge is -2.15. The second-order valence-corrected chi connectivity index (χ2v) is 6.46. The Kier molecular flexibility index (Phi) is 10.3. The molecule has 1 aromatic heterocycles. The highest BCUT2D eigenvalue weighted by molar-refractivity contribution is 14.0.